The van der Waals surface area contributed by atoms with Crippen LogP contribution in [0.2, 0.25) is 0 Å². The molecule has 2 aliphatic heterocycles. The van der Waals surface area contributed by atoms with Gasteiger partial charge in [0.1, 0.15) is 25.5 Å². The predicted molar refractivity (Wildman–Crippen MR) is 159 cm³/mol. The number of alkyl carbamates (subject to hydrolysis) is 1. The van der Waals surface area contributed by atoms with E-state index in [2.05, 4.69) is 5.32 Å². The van der Waals surface area contributed by atoms with Crippen molar-refractivity contribution in [2.45, 2.75) is 38.7 Å². The lowest BCUT2D eigenvalue weighted by Gasteiger charge is -2.44. The fraction of sp³-hybridized carbons (Fsp3) is 0.310. The van der Waals surface area contributed by atoms with Gasteiger partial charge in [-0.1, -0.05) is 11.8 Å². The molecule has 3 atom stereocenters. The van der Waals surface area contributed by atoms with Crippen LogP contribution in [0.1, 0.15) is 24.5 Å². The Hall–Kier alpha value is -5.29. The van der Waals surface area contributed by atoms with Gasteiger partial charge in [0.2, 0.25) is 5.91 Å². The minimum atomic E-state index is -0.936. The van der Waals surface area contributed by atoms with Crippen molar-refractivity contribution in [1.29, 1.82) is 0 Å². The first kappa shape index (κ1) is 33.6. The summed E-state index contributed by atoms with van der Waals surface area (Å²) in [5.41, 5.74) is 0.825. The molecule has 242 valence electrons. The minimum Gasteiger partial charge on any atom is -0.461 e. The molecule has 0 aliphatic carbocycles. The molecule has 2 N–H and O–H groups in total. The summed E-state index contributed by atoms with van der Waals surface area (Å²) in [6.07, 6.45) is -0.363. The van der Waals surface area contributed by atoms with Gasteiger partial charge in [-0.2, -0.15) is 0 Å². The van der Waals surface area contributed by atoms with Crippen molar-refractivity contribution in [3.05, 3.63) is 102 Å². The number of nitrogens with one attached hydrogen (secondary N) is 1. The topological polar surface area (TPSA) is 218 Å². The van der Waals surface area contributed by atoms with E-state index in [0.29, 0.717) is 16.0 Å². The van der Waals surface area contributed by atoms with Gasteiger partial charge in [-0.25, -0.2) is 14.4 Å². The number of ether oxygens (including phenoxy) is 3. The Morgan fingerprint density at radius 1 is 1.00 bits per heavy atom. The highest BCUT2D eigenvalue weighted by Crippen LogP contribution is 2.47. The number of amides is 2. The number of hydrogen-bond donors (Lipinski definition) is 2. The van der Waals surface area contributed by atoms with Crippen LogP contribution >= 0.6 is 11.8 Å². The fourth-order valence-corrected chi connectivity index (χ4v) is 5.60. The summed E-state index contributed by atoms with van der Waals surface area (Å²) in [4.78, 5) is 72.0. The molecule has 0 spiro atoms. The molecular weight excluding hydrogens is 628 g/mol. The first-order valence-electron chi connectivity index (χ1n) is 13.7. The molecule has 46 heavy (non-hydrogen) atoms. The highest BCUT2D eigenvalue weighted by Gasteiger charge is 2.57. The van der Waals surface area contributed by atoms with Crippen LogP contribution in [-0.2, 0) is 41.8 Å². The van der Waals surface area contributed by atoms with Crippen molar-refractivity contribution in [1.82, 2.24) is 10.2 Å². The molecule has 0 unspecified atom stereocenters. The van der Waals surface area contributed by atoms with E-state index in [1.807, 2.05) is 0 Å². The number of rotatable bonds is 14. The monoisotopic (exact) mass is 656 g/mol. The molecule has 0 aromatic heterocycles. The fourth-order valence-electron chi connectivity index (χ4n) is 4.70. The Bertz CT molecular complexity index is 1570. The average molecular weight is 657 g/mol. The molecule has 2 amide bonds. The first-order chi connectivity index (χ1) is 22.0. The molecule has 1 fully saturated rings. The zero-order chi connectivity index (χ0) is 33.4. The van der Waals surface area contributed by atoms with Crippen LogP contribution in [0.3, 0.4) is 0 Å². The van der Waals surface area contributed by atoms with E-state index in [-0.39, 0.29) is 49.9 Å². The number of β-lactam (4-membered cyclic amide) rings is 1. The number of nitrogens with zero attached hydrogens (tertiary/aromatic N) is 3. The molecule has 2 aromatic rings. The second-order valence-electron chi connectivity index (χ2n) is 10.0. The molecule has 2 aliphatic rings. The molecule has 1 saturated heterocycles. The van der Waals surface area contributed by atoms with Crippen LogP contribution in [0, 0.1) is 26.1 Å². The number of carbonyl (C=O) groups excluding carboxylic acids is 4. The van der Waals surface area contributed by atoms with Gasteiger partial charge in [-0.3, -0.25) is 25.0 Å². The molecule has 0 bridgehead atoms. The SMILES string of the molecule is C[C@H](O)[C@@H]1C(=O)N2C(C(=O)OCc3ccc([N+](=O)[O-])cc3)=C(SC=CC(=O)OCCNC(=O)OCc3ccc([N+](=O)[O-])cc3)C[C@H]12. The molecular formula is C29H28N4O12S. The number of benzene rings is 2. The summed E-state index contributed by atoms with van der Waals surface area (Å²) >= 11 is 1.01. The summed E-state index contributed by atoms with van der Waals surface area (Å²) < 4.78 is 15.4. The van der Waals surface area contributed by atoms with Gasteiger partial charge >= 0.3 is 18.0 Å². The summed E-state index contributed by atoms with van der Waals surface area (Å²) in [7, 11) is 0. The smallest absolute Gasteiger partial charge is 0.407 e. The number of non-ortho nitro benzene ring substituents is 2. The number of esters is 2. The van der Waals surface area contributed by atoms with Crippen LogP contribution in [0.4, 0.5) is 16.2 Å². The molecule has 4 rings (SSSR count). The number of hydrogen-bond acceptors (Lipinski definition) is 13. The number of nitro benzene ring substituents is 2. The highest BCUT2D eigenvalue weighted by molar-refractivity contribution is 8.05. The number of carbonyl (C=O) groups is 4. The average Bonchev–Trinajstić information content (AvgIpc) is 3.34. The number of fused-ring (bicyclic) bond motifs is 1. The number of aliphatic hydroxyl groups is 1. The van der Waals surface area contributed by atoms with Gasteiger partial charge in [0.15, 0.2) is 0 Å². The number of nitro groups is 2. The maximum atomic E-state index is 13.1. The van der Waals surface area contributed by atoms with E-state index in [9.17, 15) is 44.5 Å². The van der Waals surface area contributed by atoms with Crippen LogP contribution in [-0.4, -0.2) is 69.1 Å². The molecule has 16 nitrogen and oxygen atoms in total. The second-order valence-corrected chi connectivity index (χ2v) is 11.0. The largest absolute Gasteiger partial charge is 0.461 e. The number of thioether (sulfide) groups is 1. The van der Waals surface area contributed by atoms with Crippen LogP contribution in [0.15, 0.2) is 70.6 Å². The van der Waals surface area contributed by atoms with Crippen molar-refractivity contribution < 1.29 is 48.3 Å². The van der Waals surface area contributed by atoms with Crippen molar-refractivity contribution in [3.8, 4) is 0 Å². The summed E-state index contributed by atoms with van der Waals surface area (Å²) in [6, 6.07) is 10.5. The molecule has 0 saturated carbocycles. The Morgan fingerprint density at radius 2 is 1.57 bits per heavy atom. The third kappa shape index (κ3) is 8.24. The van der Waals surface area contributed by atoms with E-state index in [4.69, 9.17) is 14.2 Å². The standard InChI is InChI=1S/C29H28N4O12S/c1-17(34)25-22-14-23(26(31(22)27(25)36)28(37)44-15-18-2-6-20(7-3-18)32(39)40)46-13-10-24(35)43-12-11-30-29(38)45-16-19-4-8-21(9-5-19)33(41)42/h2-10,13,17,22,25,34H,11-12,14-16H2,1H3,(H,30,38)/t17-,22+,25-/m0/s1. The summed E-state index contributed by atoms with van der Waals surface area (Å²) in [5.74, 6) is -2.67. The maximum Gasteiger partial charge on any atom is 0.407 e. The van der Waals surface area contributed by atoms with Crippen LogP contribution < -0.4 is 5.32 Å². The van der Waals surface area contributed by atoms with E-state index >= 15 is 0 Å². The normalized spacial score (nSPS) is 17.6. The Morgan fingerprint density at radius 3 is 2.11 bits per heavy atom. The Kier molecular flexibility index (Phi) is 11.1. The number of aliphatic hydroxyl groups excluding tert-OH is 1. The molecule has 2 aromatic carbocycles. The van der Waals surface area contributed by atoms with Gasteiger partial charge < -0.3 is 29.5 Å². The van der Waals surface area contributed by atoms with Crippen molar-refractivity contribution in [3.63, 3.8) is 0 Å². The van der Waals surface area contributed by atoms with E-state index in [1.165, 1.54) is 65.8 Å². The van der Waals surface area contributed by atoms with Gasteiger partial charge in [0, 0.05) is 41.7 Å². The zero-order valence-corrected chi connectivity index (χ0v) is 25.0. The summed E-state index contributed by atoms with van der Waals surface area (Å²) in [6.45, 7) is 0.936. The third-order valence-electron chi connectivity index (χ3n) is 6.95. The van der Waals surface area contributed by atoms with Crippen molar-refractivity contribution in [2.24, 2.45) is 5.92 Å². The van der Waals surface area contributed by atoms with Gasteiger partial charge in [0.05, 0.1) is 34.5 Å². The predicted octanol–water partition coefficient (Wildman–Crippen LogP) is 3.09. The molecule has 17 heteroatoms. The summed E-state index contributed by atoms with van der Waals surface area (Å²) in [5, 5.41) is 35.4. The zero-order valence-electron chi connectivity index (χ0n) is 24.2. The minimum absolute atomic E-state index is 0.00623. The quantitative estimate of drug-likeness (QED) is 0.0569. The first-order valence-corrected chi connectivity index (χ1v) is 14.6. The van der Waals surface area contributed by atoms with E-state index in [1.54, 1.807) is 0 Å². The highest BCUT2D eigenvalue weighted by atomic mass is 32.2. The lowest BCUT2D eigenvalue weighted by Crippen LogP contribution is -2.61. The van der Waals surface area contributed by atoms with Crippen molar-refractivity contribution >= 4 is 47.1 Å². The van der Waals surface area contributed by atoms with Crippen LogP contribution in [0.25, 0.3) is 0 Å². The molecule has 2 heterocycles. The molecule has 0 radical (unpaired) electrons. The third-order valence-corrected chi connectivity index (χ3v) is 7.86. The lowest BCUT2D eigenvalue weighted by molar-refractivity contribution is -0.385. The van der Waals surface area contributed by atoms with E-state index < -0.39 is 51.8 Å². The Balaban J connectivity index is 1.25. The van der Waals surface area contributed by atoms with E-state index in [0.717, 1.165) is 17.8 Å². The van der Waals surface area contributed by atoms with Gasteiger partial charge in [0.25, 0.3) is 11.4 Å². The van der Waals surface area contributed by atoms with Gasteiger partial charge in [-0.15, -0.1) is 0 Å². The van der Waals surface area contributed by atoms with Gasteiger partial charge in [-0.05, 0) is 47.7 Å². The van der Waals surface area contributed by atoms with Crippen molar-refractivity contribution in [2.75, 3.05) is 13.2 Å². The lowest BCUT2D eigenvalue weighted by atomic mass is 9.83. The van der Waals surface area contributed by atoms with Crippen LogP contribution in [0.5, 0.6) is 0 Å². The maximum absolute atomic E-state index is 13.1. The Labute approximate surface area is 265 Å². The second kappa shape index (κ2) is 15.1.